The maximum absolute atomic E-state index is 14.6. The molecular formula is C41H47N7O5. The summed E-state index contributed by atoms with van der Waals surface area (Å²) in [7, 11) is 0. The number of anilines is 1. The van der Waals surface area contributed by atoms with Crippen molar-refractivity contribution in [3.8, 4) is 17.1 Å². The van der Waals surface area contributed by atoms with Crippen LogP contribution in [0.3, 0.4) is 0 Å². The number of amides is 3. The van der Waals surface area contributed by atoms with E-state index in [0.717, 1.165) is 42.4 Å². The number of nitrogens with zero attached hydrogens (tertiary/aromatic N) is 6. The van der Waals surface area contributed by atoms with Crippen molar-refractivity contribution in [2.24, 2.45) is 0 Å². The number of unbranched alkanes of at least 4 members (excludes halogenated alkanes) is 2. The molecule has 1 atom stereocenters. The van der Waals surface area contributed by atoms with E-state index in [-0.39, 0.29) is 42.7 Å². The average molecular weight is 718 g/mol. The lowest BCUT2D eigenvalue weighted by molar-refractivity contribution is -0.116. The largest absolute Gasteiger partial charge is 0.394 e. The molecule has 1 aliphatic rings. The Bertz CT molecular complexity index is 2030. The molecule has 0 bridgehead atoms. The van der Waals surface area contributed by atoms with E-state index in [0.29, 0.717) is 60.5 Å². The summed E-state index contributed by atoms with van der Waals surface area (Å²) in [5.41, 5.74) is 5.08. The SMILES string of the molecule is CCCCN(CCCC)C(=O)c1cc(C)n(-c2ccc(NC(=O)CCc3nc(-c4ccccc4)no3)cc2C(=O)N2Cc3ccccc3C[C@H]2CO)n1. The third kappa shape index (κ3) is 8.72. The topological polar surface area (TPSA) is 147 Å². The van der Waals surface area contributed by atoms with Gasteiger partial charge in [0.1, 0.15) is 0 Å². The maximum atomic E-state index is 14.6. The van der Waals surface area contributed by atoms with Crippen LogP contribution >= 0.6 is 0 Å². The Balaban J connectivity index is 1.28. The second kappa shape index (κ2) is 17.3. The maximum Gasteiger partial charge on any atom is 0.274 e. The van der Waals surface area contributed by atoms with Crippen molar-refractivity contribution in [3.05, 3.63) is 113 Å². The zero-order valence-electron chi connectivity index (χ0n) is 30.6. The Morgan fingerprint density at radius 3 is 2.38 bits per heavy atom. The van der Waals surface area contributed by atoms with Crippen molar-refractivity contribution in [2.75, 3.05) is 25.0 Å². The van der Waals surface area contributed by atoms with Crippen molar-refractivity contribution >= 4 is 23.4 Å². The fourth-order valence-electron chi connectivity index (χ4n) is 6.62. The van der Waals surface area contributed by atoms with Gasteiger partial charge in [-0.15, -0.1) is 0 Å². The molecule has 0 radical (unpaired) electrons. The molecule has 0 spiro atoms. The summed E-state index contributed by atoms with van der Waals surface area (Å²) in [6.45, 7) is 7.46. The molecule has 0 aliphatic carbocycles. The quantitative estimate of drug-likeness (QED) is 0.126. The minimum atomic E-state index is -0.444. The number of fused-ring (bicyclic) bond motifs is 1. The Kier molecular flexibility index (Phi) is 12.1. The Morgan fingerprint density at radius 2 is 1.66 bits per heavy atom. The van der Waals surface area contributed by atoms with E-state index in [1.54, 1.807) is 33.8 Å². The monoisotopic (exact) mass is 717 g/mol. The number of hydrogen-bond donors (Lipinski definition) is 2. The smallest absolute Gasteiger partial charge is 0.274 e. The summed E-state index contributed by atoms with van der Waals surface area (Å²) in [5, 5.41) is 22.1. The molecule has 2 N–H and O–H groups in total. The first-order chi connectivity index (χ1) is 25.8. The zero-order valence-corrected chi connectivity index (χ0v) is 30.6. The summed E-state index contributed by atoms with van der Waals surface area (Å²) in [6, 6.07) is 23.8. The molecular weight excluding hydrogens is 670 g/mol. The van der Waals surface area contributed by atoms with Gasteiger partial charge in [-0.25, -0.2) is 4.68 Å². The molecule has 3 heterocycles. The molecule has 0 fully saturated rings. The van der Waals surface area contributed by atoms with Crippen LogP contribution in [0.25, 0.3) is 17.1 Å². The highest BCUT2D eigenvalue weighted by atomic mass is 16.5. The summed E-state index contributed by atoms with van der Waals surface area (Å²) in [4.78, 5) is 49.5. The molecule has 0 saturated heterocycles. The standard InChI is InChI=1S/C41H47N7O5/c1-4-6-21-46(22-7-5-2)41(52)35-23-28(3)48(44-35)36-18-17-32(42-37(50)19-20-38-43-39(45-53-38)29-13-9-8-10-14-29)25-34(36)40(51)47-26-31-16-12-11-15-30(31)24-33(47)27-49/h8-18,23,25,33,49H,4-7,19-22,24,26-27H2,1-3H3,(H,42,50)/t33-/m0/s1. The van der Waals surface area contributed by atoms with Crippen LogP contribution in [0.15, 0.2) is 83.4 Å². The number of aromatic nitrogens is 4. The number of nitrogens with one attached hydrogen (secondary N) is 1. The summed E-state index contributed by atoms with van der Waals surface area (Å²) >= 11 is 0. The van der Waals surface area contributed by atoms with E-state index in [2.05, 4.69) is 29.3 Å². The van der Waals surface area contributed by atoms with E-state index in [9.17, 15) is 19.5 Å². The van der Waals surface area contributed by atoms with Crippen molar-refractivity contribution in [1.29, 1.82) is 0 Å². The van der Waals surface area contributed by atoms with Crippen LogP contribution in [0.4, 0.5) is 5.69 Å². The van der Waals surface area contributed by atoms with Gasteiger partial charge in [0.25, 0.3) is 11.8 Å². The lowest BCUT2D eigenvalue weighted by atomic mass is 9.93. The van der Waals surface area contributed by atoms with Gasteiger partial charge in [-0.05, 0) is 61.6 Å². The van der Waals surface area contributed by atoms with Crippen LogP contribution in [0.1, 0.15) is 89.5 Å². The highest BCUT2D eigenvalue weighted by molar-refractivity contribution is 6.01. The van der Waals surface area contributed by atoms with E-state index in [4.69, 9.17) is 9.62 Å². The lowest BCUT2D eigenvalue weighted by Crippen LogP contribution is -2.46. The molecule has 276 valence electrons. The Labute approximate surface area is 309 Å². The number of aliphatic hydroxyl groups excluding tert-OH is 1. The van der Waals surface area contributed by atoms with Gasteiger partial charge in [-0.2, -0.15) is 10.1 Å². The van der Waals surface area contributed by atoms with Gasteiger partial charge in [-0.3, -0.25) is 14.4 Å². The van der Waals surface area contributed by atoms with Crippen LogP contribution in [0.5, 0.6) is 0 Å². The van der Waals surface area contributed by atoms with Crippen LogP contribution in [-0.2, 0) is 24.2 Å². The lowest BCUT2D eigenvalue weighted by Gasteiger charge is -2.36. The molecule has 53 heavy (non-hydrogen) atoms. The van der Waals surface area contributed by atoms with Crippen LogP contribution < -0.4 is 5.32 Å². The summed E-state index contributed by atoms with van der Waals surface area (Å²) in [5.74, 6) is 0.0378. The molecule has 3 aromatic carbocycles. The molecule has 6 rings (SSSR count). The van der Waals surface area contributed by atoms with E-state index in [1.807, 2.05) is 66.4 Å². The molecule has 0 unspecified atom stereocenters. The predicted molar refractivity (Wildman–Crippen MR) is 202 cm³/mol. The van der Waals surface area contributed by atoms with Gasteiger partial charge in [0.15, 0.2) is 5.69 Å². The van der Waals surface area contributed by atoms with Crippen molar-refractivity contribution in [2.45, 2.75) is 78.3 Å². The minimum absolute atomic E-state index is 0.0766. The predicted octanol–water partition coefficient (Wildman–Crippen LogP) is 6.40. The highest BCUT2D eigenvalue weighted by Gasteiger charge is 2.32. The number of benzene rings is 3. The fraction of sp³-hybridized carbons (Fsp3) is 0.366. The van der Waals surface area contributed by atoms with Gasteiger partial charge in [-0.1, -0.05) is 86.4 Å². The minimum Gasteiger partial charge on any atom is -0.394 e. The van der Waals surface area contributed by atoms with Crippen LogP contribution in [0.2, 0.25) is 0 Å². The summed E-state index contributed by atoms with van der Waals surface area (Å²) in [6.07, 6.45) is 4.56. The molecule has 2 aromatic heterocycles. The third-order valence-corrected chi connectivity index (χ3v) is 9.59. The first-order valence-corrected chi connectivity index (χ1v) is 18.5. The van der Waals surface area contributed by atoms with E-state index in [1.165, 1.54) is 0 Å². The van der Waals surface area contributed by atoms with Gasteiger partial charge in [0.05, 0.1) is 23.9 Å². The van der Waals surface area contributed by atoms with Gasteiger partial charge in [0.2, 0.25) is 17.6 Å². The molecule has 0 saturated carbocycles. The number of aryl methyl sites for hydroxylation is 2. The molecule has 3 amide bonds. The summed E-state index contributed by atoms with van der Waals surface area (Å²) < 4.78 is 7.00. The van der Waals surface area contributed by atoms with Gasteiger partial charge in [0, 0.05) is 49.4 Å². The van der Waals surface area contributed by atoms with Gasteiger partial charge < -0.3 is 24.7 Å². The Morgan fingerprint density at radius 1 is 0.943 bits per heavy atom. The second-order valence-electron chi connectivity index (χ2n) is 13.5. The van der Waals surface area contributed by atoms with Gasteiger partial charge >= 0.3 is 0 Å². The number of aliphatic hydroxyl groups is 1. The normalized spacial score (nSPS) is 13.8. The highest BCUT2D eigenvalue weighted by Crippen LogP contribution is 2.29. The molecule has 12 nitrogen and oxygen atoms in total. The van der Waals surface area contributed by atoms with E-state index < -0.39 is 6.04 Å². The fourth-order valence-corrected chi connectivity index (χ4v) is 6.62. The van der Waals surface area contributed by atoms with E-state index >= 15 is 0 Å². The number of rotatable bonds is 15. The zero-order chi connectivity index (χ0) is 37.3. The first-order valence-electron chi connectivity index (χ1n) is 18.5. The van der Waals surface area contributed by atoms with Crippen molar-refractivity contribution in [1.82, 2.24) is 29.7 Å². The third-order valence-electron chi connectivity index (χ3n) is 9.59. The number of hydrogen-bond acceptors (Lipinski definition) is 8. The molecule has 12 heteroatoms. The molecule has 5 aromatic rings. The number of carbonyl (C=O) groups excluding carboxylic acids is 3. The Hall–Kier alpha value is -5.62. The van der Waals surface area contributed by atoms with Crippen molar-refractivity contribution < 1.29 is 24.0 Å². The second-order valence-corrected chi connectivity index (χ2v) is 13.5. The van der Waals surface area contributed by atoms with Crippen LogP contribution in [0, 0.1) is 6.92 Å². The molecule has 1 aliphatic heterocycles. The van der Waals surface area contributed by atoms with Crippen molar-refractivity contribution in [3.63, 3.8) is 0 Å². The number of carbonyl (C=O) groups is 3. The average Bonchev–Trinajstić information content (AvgIpc) is 3.83. The van der Waals surface area contributed by atoms with Crippen LogP contribution in [-0.4, -0.2) is 78.3 Å². The first kappa shape index (κ1) is 37.1.